The second-order valence-corrected chi connectivity index (χ2v) is 2.52. The number of hydrogen-bond acceptors (Lipinski definition) is 7. The van der Waals surface area contributed by atoms with Gasteiger partial charge >= 0.3 is 0 Å². The van der Waals surface area contributed by atoms with E-state index in [1.54, 1.807) is 0 Å². The van der Waals surface area contributed by atoms with Crippen molar-refractivity contribution < 1.29 is 4.84 Å². The zero-order valence-corrected chi connectivity index (χ0v) is 6.87. The van der Waals surface area contributed by atoms with E-state index in [4.69, 9.17) is 34.6 Å². The first-order valence-corrected chi connectivity index (χ1v) is 3.38. The Balaban J connectivity index is 3.56. The summed E-state index contributed by atoms with van der Waals surface area (Å²) in [5, 5.41) is 0. The van der Waals surface area contributed by atoms with Gasteiger partial charge in [0.05, 0.1) is 17.1 Å². The van der Waals surface area contributed by atoms with Crippen molar-refractivity contribution in [3.8, 4) is 5.75 Å². The molecule has 13 heavy (non-hydrogen) atoms. The summed E-state index contributed by atoms with van der Waals surface area (Å²) in [5.41, 5.74) is 28.1. The van der Waals surface area contributed by atoms with Crippen molar-refractivity contribution in [3.05, 3.63) is 0 Å². The van der Waals surface area contributed by atoms with Crippen molar-refractivity contribution in [2.24, 2.45) is 5.90 Å². The molecule has 1 rings (SSSR count). The van der Waals surface area contributed by atoms with Crippen LogP contribution in [0.4, 0.5) is 28.4 Å². The summed E-state index contributed by atoms with van der Waals surface area (Å²) in [5.74, 6) is 4.97. The lowest BCUT2D eigenvalue weighted by molar-refractivity contribution is 0.338. The number of anilines is 5. The van der Waals surface area contributed by atoms with E-state index >= 15 is 0 Å². The molecule has 7 nitrogen and oxygen atoms in total. The number of nitrogens with two attached hydrogens (primary N) is 6. The lowest BCUT2D eigenvalue weighted by atomic mass is 10.1. The lowest BCUT2D eigenvalue weighted by Gasteiger charge is -2.14. The van der Waals surface area contributed by atoms with Crippen molar-refractivity contribution in [2.75, 3.05) is 28.7 Å². The molecule has 1 aromatic carbocycles. The van der Waals surface area contributed by atoms with Gasteiger partial charge in [-0.15, -0.1) is 0 Å². The van der Waals surface area contributed by atoms with Crippen LogP contribution in [0.15, 0.2) is 0 Å². The molecule has 0 aliphatic heterocycles. The molecule has 72 valence electrons. The van der Waals surface area contributed by atoms with Gasteiger partial charge in [0.2, 0.25) is 0 Å². The van der Waals surface area contributed by atoms with Gasteiger partial charge in [-0.3, -0.25) is 0 Å². The predicted octanol–water partition coefficient (Wildman–Crippen LogP) is -1.15. The fourth-order valence-corrected chi connectivity index (χ4v) is 0.952. The van der Waals surface area contributed by atoms with Crippen LogP contribution in [0.2, 0.25) is 0 Å². The summed E-state index contributed by atoms with van der Waals surface area (Å²) in [6.45, 7) is 0. The molecule has 0 aliphatic carbocycles. The summed E-state index contributed by atoms with van der Waals surface area (Å²) in [6, 6.07) is 0. The third kappa shape index (κ3) is 1.11. The molecule has 0 radical (unpaired) electrons. The molecule has 0 spiro atoms. The maximum atomic E-state index is 5.52. The van der Waals surface area contributed by atoms with Crippen LogP contribution in [-0.2, 0) is 0 Å². The van der Waals surface area contributed by atoms with Crippen LogP contribution in [-0.4, -0.2) is 0 Å². The molecule has 0 bridgehead atoms. The van der Waals surface area contributed by atoms with Gasteiger partial charge in [-0.1, -0.05) is 0 Å². The van der Waals surface area contributed by atoms with E-state index in [-0.39, 0.29) is 34.2 Å². The van der Waals surface area contributed by atoms with Gasteiger partial charge in [-0.25, -0.2) is 0 Å². The van der Waals surface area contributed by atoms with Crippen molar-refractivity contribution in [1.82, 2.24) is 0 Å². The normalized spacial score (nSPS) is 9.92. The van der Waals surface area contributed by atoms with Crippen LogP contribution in [0.25, 0.3) is 0 Å². The predicted molar refractivity (Wildman–Crippen MR) is 53.3 cm³/mol. The van der Waals surface area contributed by atoms with Crippen LogP contribution in [0.5, 0.6) is 5.75 Å². The lowest BCUT2D eigenvalue weighted by Crippen LogP contribution is -2.13. The number of hydrogen-bond donors (Lipinski definition) is 6. The molecule has 0 amide bonds. The van der Waals surface area contributed by atoms with Crippen LogP contribution in [0.1, 0.15) is 0 Å². The standard InChI is InChI=1S/C6H12N6O/c7-1-2(8)4(10)6(13-12)5(11)3(1)9/h7-12H2. The van der Waals surface area contributed by atoms with Crippen LogP contribution in [0, 0.1) is 0 Å². The minimum atomic E-state index is 0.0456. The molecule has 0 unspecified atom stereocenters. The Morgan fingerprint density at radius 3 is 1.23 bits per heavy atom. The molecule has 0 heterocycles. The third-order valence-electron chi connectivity index (χ3n) is 1.77. The maximum absolute atomic E-state index is 5.52. The maximum Gasteiger partial charge on any atom is 0.196 e. The molecular weight excluding hydrogens is 172 g/mol. The first-order chi connectivity index (χ1) is 6.00. The van der Waals surface area contributed by atoms with Gasteiger partial charge in [0.15, 0.2) is 5.75 Å². The van der Waals surface area contributed by atoms with Crippen molar-refractivity contribution >= 4 is 28.4 Å². The van der Waals surface area contributed by atoms with E-state index < -0.39 is 0 Å². The van der Waals surface area contributed by atoms with Crippen LogP contribution >= 0.6 is 0 Å². The molecule has 7 heteroatoms. The summed E-state index contributed by atoms with van der Waals surface area (Å²) >= 11 is 0. The molecule has 12 N–H and O–H groups in total. The quantitative estimate of drug-likeness (QED) is 0.237. The van der Waals surface area contributed by atoms with Crippen molar-refractivity contribution in [1.29, 1.82) is 0 Å². The number of benzene rings is 1. The second kappa shape index (κ2) is 2.79. The van der Waals surface area contributed by atoms with Gasteiger partial charge in [0.25, 0.3) is 0 Å². The molecule has 0 atom stereocenters. The average molecular weight is 184 g/mol. The highest BCUT2D eigenvalue weighted by Gasteiger charge is 2.16. The number of rotatable bonds is 1. The van der Waals surface area contributed by atoms with Crippen LogP contribution in [0.3, 0.4) is 0 Å². The first kappa shape index (κ1) is 9.07. The van der Waals surface area contributed by atoms with E-state index in [0.29, 0.717) is 0 Å². The average Bonchev–Trinajstić information content (AvgIpc) is 2.13. The van der Waals surface area contributed by atoms with Gasteiger partial charge in [0, 0.05) is 0 Å². The Hall–Kier alpha value is -2.02. The highest BCUT2D eigenvalue weighted by molar-refractivity contribution is 5.98. The summed E-state index contributed by atoms with van der Waals surface area (Å²) < 4.78 is 0. The Bertz CT molecular complexity index is 320. The first-order valence-electron chi connectivity index (χ1n) is 3.38. The minimum Gasteiger partial charge on any atom is -0.407 e. The fourth-order valence-electron chi connectivity index (χ4n) is 0.952. The molecule has 0 fully saturated rings. The smallest absolute Gasteiger partial charge is 0.196 e. The Morgan fingerprint density at radius 2 is 0.923 bits per heavy atom. The highest BCUT2D eigenvalue weighted by atomic mass is 16.6. The molecule has 0 aliphatic rings. The zero-order valence-electron chi connectivity index (χ0n) is 6.87. The second-order valence-electron chi connectivity index (χ2n) is 2.52. The van der Waals surface area contributed by atoms with Crippen molar-refractivity contribution in [3.63, 3.8) is 0 Å². The third-order valence-corrected chi connectivity index (χ3v) is 1.77. The van der Waals surface area contributed by atoms with Crippen molar-refractivity contribution in [2.45, 2.75) is 0 Å². The SMILES string of the molecule is NOc1c(N)c(N)c(N)c(N)c1N. The van der Waals surface area contributed by atoms with E-state index in [2.05, 4.69) is 4.84 Å². The van der Waals surface area contributed by atoms with E-state index in [0.717, 1.165) is 0 Å². The summed E-state index contributed by atoms with van der Waals surface area (Å²) in [4.78, 5) is 4.43. The highest BCUT2D eigenvalue weighted by Crippen LogP contribution is 2.43. The zero-order chi connectivity index (χ0) is 10.2. The monoisotopic (exact) mass is 184 g/mol. The van der Waals surface area contributed by atoms with Gasteiger partial charge in [-0.05, 0) is 0 Å². The van der Waals surface area contributed by atoms with E-state index in [1.165, 1.54) is 0 Å². The van der Waals surface area contributed by atoms with Gasteiger partial charge in [-0.2, -0.15) is 5.90 Å². The summed E-state index contributed by atoms with van der Waals surface area (Å²) in [7, 11) is 0. The molecular formula is C6H12N6O. The van der Waals surface area contributed by atoms with Gasteiger partial charge < -0.3 is 33.5 Å². The van der Waals surface area contributed by atoms with Crippen LogP contribution < -0.4 is 39.4 Å². The molecule has 0 aromatic heterocycles. The molecule has 0 saturated heterocycles. The Labute approximate surface area is 74.5 Å². The molecule has 1 aromatic rings. The van der Waals surface area contributed by atoms with E-state index in [9.17, 15) is 0 Å². The Kier molecular flexibility index (Phi) is 1.95. The largest absolute Gasteiger partial charge is 0.407 e. The van der Waals surface area contributed by atoms with E-state index in [1.807, 2.05) is 0 Å². The Morgan fingerprint density at radius 1 is 0.615 bits per heavy atom. The van der Waals surface area contributed by atoms with Gasteiger partial charge in [0.1, 0.15) is 11.4 Å². The molecule has 0 saturated carbocycles. The number of nitrogen functional groups attached to an aromatic ring is 5. The fraction of sp³-hybridized carbons (Fsp3) is 0. The summed E-state index contributed by atoms with van der Waals surface area (Å²) in [6.07, 6.45) is 0. The topological polar surface area (TPSA) is 165 Å². The minimum absolute atomic E-state index is 0.0456.